The molecule has 0 saturated carbocycles. The number of benzene rings is 1. The molecule has 0 bridgehead atoms. The van der Waals surface area contributed by atoms with Crippen molar-refractivity contribution >= 4 is 17.4 Å². The maximum Gasteiger partial charge on any atom is 0.119 e. The van der Waals surface area contributed by atoms with Crippen molar-refractivity contribution < 1.29 is 4.74 Å². The maximum atomic E-state index is 5.79. The molecule has 15 heavy (non-hydrogen) atoms. The first-order chi connectivity index (χ1) is 7.42. The van der Waals surface area contributed by atoms with Gasteiger partial charge in [-0.2, -0.15) is 11.8 Å². The summed E-state index contributed by atoms with van der Waals surface area (Å²) in [6.45, 7) is 1.96. The first kappa shape index (κ1) is 9.40. The molecule has 3 heteroatoms. The quantitative estimate of drug-likeness (QED) is 0.847. The van der Waals surface area contributed by atoms with Crippen LogP contribution < -0.4 is 10.1 Å². The molecular weight excluding hydrogens is 206 g/mol. The van der Waals surface area contributed by atoms with Crippen LogP contribution in [0, 0.1) is 5.92 Å². The molecule has 0 aromatic heterocycles. The molecule has 0 unspecified atom stereocenters. The molecule has 1 aromatic rings. The highest BCUT2D eigenvalue weighted by Gasteiger charge is 2.19. The smallest absolute Gasteiger partial charge is 0.119 e. The molecule has 3 rings (SSSR count). The fraction of sp³-hybridized carbons (Fsp3) is 0.500. The fourth-order valence-corrected chi connectivity index (χ4v) is 2.73. The summed E-state index contributed by atoms with van der Waals surface area (Å²) in [6.07, 6.45) is 1.13. The van der Waals surface area contributed by atoms with Crippen molar-refractivity contribution in [3.05, 3.63) is 23.8 Å². The minimum Gasteiger partial charge on any atom is -0.493 e. The minimum absolute atomic E-state index is 0.779. The minimum atomic E-state index is 0.779. The Morgan fingerprint density at radius 1 is 1.40 bits per heavy atom. The lowest BCUT2D eigenvalue weighted by molar-refractivity contribution is 0.270. The van der Waals surface area contributed by atoms with Crippen molar-refractivity contribution in [3.63, 3.8) is 0 Å². The molecule has 0 radical (unpaired) electrons. The monoisotopic (exact) mass is 221 g/mol. The fourth-order valence-electron chi connectivity index (χ4n) is 1.97. The van der Waals surface area contributed by atoms with Crippen LogP contribution >= 0.6 is 11.8 Å². The van der Waals surface area contributed by atoms with Gasteiger partial charge in [-0.3, -0.25) is 0 Å². The van der Waals surface area contributed by atoms with Crippen LogP contribution in [0.5, 0.6) is 5.75 Å². The molecule has 0 amide bonds. The first-order valence-electron chi connectivity index (χ1n) is 5.49. The van der Waals surface area contributed by atoms with Gasteiger partial charge in [-0.05, 0) is 30.2 Å². The molecule has 1 saturated heterocycles. The van der Waals surface area contributed by atoms with Gasteiger partial charge in [0.25, 0.3) is 0 Å². The predicted octanol–water partition coefficient (Wildman–Crippen LogP) is 2.40. The normalized spacial score (nSPS) is 19.2. The molecule has 1 aromatic carbocycles. The summed E-state index contributed by atoms with van der Waals surface area (Å²) < 4.78 is 5.79. The molecule has 0 atom stereocenters. The van der Waals surface area contributed by atoms with Crippen molar-refractivity contribution in [2.75, 3.05) is 30.0 Å². The van der Waals surface area contributed by atoms with Gasteiger partial charge in [0, 0.05) is 29.7 Å². The Hall–Kier alpha value is -0.830. The zero-order valence-corrected chi connectivity index (χ0v) is 9.48. The largest absolute Gasteiger partial charge is 0.493 e. The Balaban J connectivity index is 1.64. The summed E-state index contributed by atoms with van der Waals surface area (Å²) in [6, 6.07) is 6.39. The van der Waals surface area contributed by atoms with Crippen LogP contribution in [0.2, 0.25) is 0 Å². The van der Waals surface area contributed by atoms with Gasteiger partial charge in [-0.1, -0.05) is 0 Å². The Morgan fingerprint density at radius 3 is 3.13 bits per heavy atom. The van der Waals surface area contributed by atoms with Crippen LogP contribution in [0.15, 0.2) is 18.2 Å². The summed E-state index contributed by atoms with van der Waals surface area (Å²) in [5, 5.41) is 3.36. The second-order valence-electron chi connectivity index (χ2n) is 4.21. The van der Waals surface area contributed by atoms with E-state index in [9.17, 15) is 0 Å². The zero-order valence-electron chi connectivity index (χ0n) is 8.66. The number of anilines is 1. The van der Waals surface area contributed by atoms with E-state index in [0.29, 0.717) is 0 Å². The third-order valence-corrected chi connectivity index (χ3v) is 4.39. The summed E-state index contributed by atoms with van der Waals surface area (Å²) in [5.41, 5.74) is 2.68. The number of hydrogen-bond acceptors (Lipinski definition) is 3. The van der Waals surface area contributed by atoms with Crippen LogP contribution in [-0.2, 0) is 6.42 Å². The van der Waals surface area contributed by atoms with Crippen molar-refractivity contribution in [1.82, 2.24) is 0 Å². The molecule has 1 fully saturated rings. The summed E-state index contributed by atoms with van der Waals surface area (Å²) in [4.78, 5) is 0. The number of ether oxygens (including phenoxy) is 1. The molecular formula is C12H15NOS. The van der Waals surface area contributed by atoms with Crippen molar-refractivity contribution in [2.24, 2.45) is 5.92 Å². The highest BCUT2D eigenvalue weighted by molar-refractivity contribution is 8.00. The van der Waals surface area contributed by atoms with Crippen LogP contribution in [0.1, 0.15) is 5.56 Å². The van der Waals surface area contributed by atoms with Gasteiger partial charge in [-0.25, -0.2) is 0 Å². The van der Waals surface area contributed by atoms with Gasteiger partial charge in [0.15, 0.2) is 0 Å². The lowest BCUT2D eigenvalue weighted by atomic mass is 10.1. The van der Waals surface area contributed by atoms with Gasteiger partial charge < -0.3 is 10.1 Å². The average molecular weight is 221 g/mol. The van der Waals surface area contributed by atoms with Gasteiger partial charge in [0.2, 0.25) is 0 Å². The van der Waals surface area contributed by atoms with Crippen LogP contribution in [0.3, 0.4) is 0 Å². The number of fused-ring (bicyclic) bond motifs is 1. The molecule has 0 spiro atoms. The first-order valence-corrected chi connectivity index (χ1v) is 6.64. The number of nitrogens with one attached hydrogen (secondary N) is 1. The summed E-state index contributed by atoms with van der Waals surface area (Å²) in [5.74, 6) is 4.36. The van der Waals surface area contributed by atoms with Gasteiger partial charge in [-0.15, -0.1) is 0 Å². The van der Waals surface area contributed by atoms with E-state index < -0.39 is 0 Å². The second-order valence-corrected chi connectivity index (χ2v) is 5.29. The number of rotatable bonds is 3. The van der Waals surface area contributed by atoms with Crippen LogP contribution in [-0.4, -0.2) is 24.7 Å². The van der Waals surface area contributed by atoms with Gasteiger partial charge in [0.05, 0.1) is 6.61 Å². The third kappa shape index (κ3) is 1.93. The Morgan fingerprint density at radius 2 is 2.33 bits per heavy atom. The zero-order chi connectivity index (χ0) is 10.1. The highest BCUT2D eigenvalue weighted by Crippen LogP contribution is 2.28. The third-order valence-electron chi connectivity index (χ3n) is 2.98. The molecule has 2 aliphatic rings. The number of hydrogen-bond donors (Lipinski definition) is 1. The molecule has 2 aliphatic heterocycles. The summed E-state index contributed by atoms with van der Waals surface area (Å²) in [7, 11) is 0. The molecule has 1 N–H and O–H groups in total. The topological polar surface area (TPSA) is 21.3 Å². The SMILES string of the molecule is c1cc2c(cc1OCC1CSC1)CCN2. The molecule has 0 aliphatic carbocycles. The van der Waals surface area contributed by atoms with E-state index in [1.807, 2.05) is 11.8 Å². The van der Waals surface area contributed by atoms with Gasteiger partial charge in [0.1, 0.15) is 5.75 Å². The Kier molecular flexibility index (Phi) is 2.49. The molecule has 2 heterocycles. The lowest BCUT2D eigenvalue weighted by Crippen LogP contribution is -2.25. The van der Waals surface area contributed by atoms with E-state index in [4.69, 9.17) is 4.74 Å². The second kappa shape index (κ2) is 3.97. The van der Waals surface area contributed by atoms with Gasteiger partial charge >= 0.3 is 0 Å². The van der Waals surface area contributed by atoms with Crippen LogP contribution in [0.4, 0.5) is 5.69 Å². The van der Waals surface area contributed by atoms with E-state index in [1.54, 1.807) is 0 Å². The van der Waals surface area contributed by atoms with E-state index in [1.165, 1.54) is 22.8 Å². The van der Waals surface area contributed by atoms with E-state index in [-0.39, 0.29) is 0 Å². The standard InChI is InChI=1S/C12H15NOS/c1-2-12-10(3-4-13-12)5-11(1)14-6-9-7-15-8-9/h1-2,5,9,13H,3-4,6-8H2. The van der Waals surface area contributed by atoms with Crippen molar-refractivity contribution in [1.29, 1.82) is 0 Å². The van der Waals surface area contributed by atoms with E-state index in [0.717, 1.165) is 31.2 Å². The van der Waals surface area contributed by atoms with Crippen molar-refractivity contribution in [3.8, 4) is 5.75 Å². The highest BCUT2D eigenvalue weighted by atomic mass is 32.2. The predicted molar refractivity (Wildman–Crippen MR) is 64.9 cm³/mol. The number of thioether (sulfide) groups is 1. The maximum absolute atomic E-state index is 5.79. The van der Waals surface area contributed by atoms with E-state index in [2.05, 4.69) is 23.5 Å². The Bertz CT molecular complexity index is 363. The van der Waals surface area contributed by atoms with Crippen LogP contribution in [0.25, 0.3) is 0 Å². The van der Waals surface area contributed by atoms with E-state index >= 15 is 0 Å². The molecule has 2 nitrogen and oxygen atoms in total. The summed E-state index contributed by atoms with van der Waals surface area (Å²) >= 11 is 2.01. The molecule has 80 valence electrons. The Labute approximate surface area is 94.4 Å². The van der Waals surface area contributed by atoms with Crippen molar-refractivity contribution in [2.45, 2.75) is 6.42 Å². The lowest BCUT2D eigenvalue weighted by Gasteiger charge is -2.24. The average Bonchev–Trinajstić information content (AvgIpc) is 2.62.